The van der Waals surface area contributed by atoms with Gasteiger partial charge in [-0.05, 0) is 45.8 Å². The van der Waals surface area contributed by atoms with Crippen LogP contribution in [0.3, 0.4) is 0 Å². The third-order valence-corrected chi connectivity index (χ3v) is 3.90. The molecule has 2 aromatic rings. The summed E-state index contributed by atoms with van der Waals surface area (Å²) < 4.78 is 11.3. The second kappa shape index (κ2) is 8.55. The van der Waals surface area contributed by atoms with Gasteiger partial charge in [0.1, 0.15) is 0 Å². The molecule has 0 aromatic heterocycles. The van der Waals surface area contributed by atoms with Crippen LogP contribution in [-0.4, -0.2) is 26.7 Å². The number of benzene rings is 2. The van der Waals surface area contributed by atoms with E-state index in [1.165, 1.54) is 0 Å². The van der Waals surface area contributed by atoms with E-state index in [9.17, 15) is 4.79 Å². The zero-order chi connectivity index (χ0) is 16.7. The van der Waals surface area contributed by atoms with Crippen molar-refractivity contribution < 1.29 is 14.3 Å². The van der Waals surface area contributed by atoms with Gasteiger partial charge in [-0.1, -0.05) is 18.2 Å². The van der Waals surface area contributed by atoms with Crippen LogP contribution >= 0.6 is 15.9 Å². The molecule has 0 bridgehead atoms. The molecule has 0 aliphatic heterocycles. The minimum absolute atomic E-state index is 0.0997. The van der Waals surface area contributed by atoms with Crippen molar-refractivity contribution in [1.29, 1.82) is 0 Å². The summed E-state index contributed by atoms with van der Waals surface area (Å²) in [6.07, 6.45) is 0. The summed E-state index contributed by atoms with van der Waals surface area (Å²) in [6, 6.07) is 13.2. The van der Waals surface area contributed by atoms with E-state index in [-0.39, 0.29) is 12.5 Å². The van der Waals surface area contributed by atoms with Gasteiger partial charge >= 0.3 is 0 Å². The molecule has 0 radical (unpaired) electrons. The number of hydrogen-bond donors (Lipinski definition) is 2. The number of para-hydroxylation sites is 1. The van der Waals surface area contributed by atoms with Gasteiger partial charge < -0.3 is 20.1 Å². The Morgan fingerprint density at radius 1 is 1.09 bits per heavy atom. The van der Waals surface area contributed by atoms with E-state index in [1.54, 1.807) is 14.2 Å². The lowest BCUT2D eigenvalue weighted by atomic mass is 10.2. The standard InChI is InChI=1S/C17H19BrN2O3/c1-22-15-8-7-12(9-16(15)23-2)10-19-11-17(21)20-14-6-4-3-5-13(14)18/h3-9,19H,10-11H2,1-2H3,(H,20,21). The van der Waals surface area contributed by atoms with Crippen LogP contribution in [0, 0.1) is 0 Å². The molecule has 2 rings (SSSR count). The fourth-order valence-corrected chi connectivity index (χ4v) is 2.45. The zero-order valence-corrected chi connectivity index (χ0v) is 14.6. The summed E-state index contributed by atoms with van der Waals surface area (Å²) >= 11 is 3.40. The Kier molecular flexibility index (Phi) is 6.43. The van der Waals surface area contributed by atoms with Gasteiger partial charge in [0.05, 0.1) is 26.5 Å². The van der Waals surface area contributed by atoms with Crippen molar-refractivity contribution >= 4 is 27.5 Å². The molecule has 6 heteroatoms. The molecule has 2 N–H and O–H groups in total. The highest BCUT2D eigenvalue weighted by atomic mass is 79.9. The molecule has 0 saturated heterocycles. The highest BCUT2D eigenvalue weighted by Gasteiger charge is 2.07. The van der Waals surface area contributed by atoms with Crippen molar-refractivity contribution in [3.8, 4) is 11.5 Å². The first kappa shape index (κ1) is 17.3. The fourth-order valence-electron chi connectivity index (χ4n) is 2.07. The van der Waals surface area contributed by atoms with Crippen molar-refractivity contribution in [2.75, 3.05) is 26.1 Å². The molecule has 5 nitrogen and oxygen atoms in total. The normalized spacial score (nSPS) is 10.2. The number of amides is 1. The summed E-state index contributed by atoms with van der Waals surface area (Å²) in [7, 11) is 3.20. The smallest absolute Gasteiger partial charge is 0.238 e. The largest absolute Gasteiger partial charge is 0.493 e. The van der Waals surface area contributed by atoms with Crippen molar-refractivity contribution in [1.82, 2.24) is 5.32 Å². The second-order valence-electron chi connectivity index (χ2n) is 4.82. The Labute approximate surface area is 144 Å². The van der Waals surface area contributed by atoms with Crippen LogP contribution in [0.15, 0.2) is 46.9 Å². The van der Waals surface area contributed by atoms with Gasteiger partial charge in [0.2, 0.25) is 5.91 Å². The Bertz CT molecular complexity index is 677. The molecule has 0 aliphatic carbocycles. The average molecular weight is 379 g/mol. The van der Waals surface area contributed by atoms with Gasteiger partial charge in [0.15, 0.2) is 11.5 Å². The Hall–Kier alpha value is -2.05. The first-order chi connectivity index (χ1) is 11.1. The van der Waals surface area contributed by atoms with E-state index in [1.807, 2.05) is 42.5 Å². The maximum atomic E-state index is 11.9. The number of nitrogens with one attached hydrogen (secondary N) is 2. The summed E-state index contributed by atoms with van der Waals surface area (Å²) in [5.41, 5.74) is 1.77. The van der Waals surface area contributed by atoms with Gasteiger partial charge in [0, 0.05) is 11.0 Å². The van der Waals surface area contributed by atoms with Crippen LogP contribution in [0.2, 0.25) is 0 Å². The lowest BCUT2D eigenvalue weighted by molar-refractivity contribution is -0.115. The number of carbonyl (C=O) groups excluding carboxylic acids is 1. The Morgan fingerprint density at radius 3 is 2.52 bits per heavy atom. The van der Waals surface area contributed by atoms with Crippen LogP contribution in [0.1, 0.15) is 5.56 Å². The van der Waals surface area contributed by atoms with Gasteiger partial charge in [-0.25, -0.2) is 0 Å². The van der Waals surface area contributed by atoms with Crippen molar-refractivity contribution in [2.24, 2.45) is 0 Å². The summed E-state index contributed by atoms with van der Waals surface area (Å²) in [6.45, 7) is 0.777. The van der Waals surface area contributed by atoms with Crippen LogP contribution in [0.4, 0.5) is 5.69 Å². The second-order valence-corrected chi connectivity index (χ2v) is 5.68. The lowest BCUT2D eigenvalue weighted by Gasteiger charge is -2.11. The molecule has 0 aliphatic rings. The third kappa shape index (κ3) is 4.97. The molecule has 2 aromatic carbocycles. The first-order valence-corrected chi connectivity index (χ1v) is 7.89. The van der Waals surface area contributed by atoms with Crippen LogP contribution in [0.25, 0.3) is 0 Å². The molecule has 23 heavy (non-hydrogen) atoms. The van der Waals surface area contributed by atoms with Crippen LogP contribution < -0.4 is 20.1 Å². The highest BCUT2D eigenvalue weighted by Crippen LogP contribution is 2.27. The molecule has 0 fully saturated rings. The summed E-state index contributed by atoms with van der Waals surface area (Å²) in [5, 5.41) is 5.95. The first-order valence-electron chi connectivity index (χ1n) is 7.10. The molecule has 122 valence electrons. The molecule has 0 heterocycles. The zero-order valence-electron chi connectivity index (χ0n) is 13.1. The van der Waals surface area contributed by atoms with E-state index >= 15 is 0 Å². The van der Waals surface area contributed by atoms with E-state index in [4.69, 9.17) is 9.47 Å². The van der Waals surface area contributed by atoms with Gasteiger partial charge in [0.25, 0.3) is 0 Å². The molecule has 1 amide bonds. The van der Waals surface area contributed by atoms with Gasteiger partial charge in [-0.15, -0.1) is 0 Å². The van der Waals surface area contributed by atoms with Crippen molar-refractivity contribution in [3.63, 3.8) is 0 Å². The van der Waals surface area contributed by atoms with Crippen LogP contribution in [-0.2, 0) is 11.3 Å². The Balaban J connectivity index is 1.85. The molecular weight excluding hydrogens is 360 g/mol. The SMILES string of the molecule is COc1ccc(CNCC(=O)Nc2ccccc2Br)cc1OC. The minimum atomic E-state index is -0.0997. The van der Waals surface area contributed by atoms with E-state index in [0.29, 0.717) is 18.0 Å². The molecule has 0 atom stereocenters. The van der Waals surface area contributed by atoms with Crippen molar-refractivity contribution in [2.45, 2.75) is 6.54 Å². The van der Waals surface area contributed by atoms with Gasteiger partial charge in [-0.2, -0.15) is 0 Å². The highest BCUT2D eigenvalue weighted by molar-refractivity contribution is 9.10. The molecular formula is C17H19BrN2O3. The number of ether oxygens (including phenoxy) is 2. The molecule has 0 saturated carbocycles. The number of anilines is 1. The maximum Gasteiger partial charge on any atom is 0.238 e. The number of hydrogen-bond acceptors (Lipinski definition) is 4. The summed E-state index contributed by atoms with van der Waals surface area (Å²) in [4.78, 5) is 11.9. The van der Waals surface area contributed by atoms with E-state index < -0.39 is 0 Å². The van der Waals surface area contributed by atoms with E-state index in [0.717, 1.165) is 15.7 Å². The number of carbonyl (C=O) groups is 1. The Morgan fingerprint density at radius 2 is 1.83 bits per heavy atom. The van der Waals surface area contributed by atoms with Crippen LogP contribution in [0.5, 0.6) is 11.5 Å². The minimum Gasteiger partial charge on any atom is -0.493 e. The molecule has 0 unspecified atom stereocenters. The third-order valence-electron chi connectivity index (χ3n) is 3.21. The monoisotopic (exact) mass is 378 g/mol. The lowest BCUT2D eigenvalue weighted by Crippen LogP contribution is -2.27. The van der Waals surface area contributed by atoms with Gasteiger partial charge in [-0.3, -0.25) is 4.79 Å². The van der Waals surface area contributed by atoms with Crippen molar-refractivity contribution in [3.05, 3.63) is 52.5 Å². The average Bonchev–Trinajstić information content (AvgIpc) is 2.56. The number of rotatable bonds is 7. The predicted molar refractivity (Wildman–Crippen MR) is 94.0 cm³/mol. The topological polar surface area (TPSA) is 59.6 Å². The quantitative estimate of drug-likeness (QED) is 0.776. The predicted octanol–water partition coefficient (Wildman–Crippen LogP) is 3.19. The molecule has 0 spiro atoms. The number of halogens is 1. The number of methoxy groups -OCH3 is 2. The van der Waals surface area contributed by atoms with E-state index in [2.05, 4.69) is 26.6 Å². The maximum absolute atomic E-state index is 11.9. The fraction of sp³-hybridized carbons (Fsp3) is 0.235. The summed E-state index contributed by atoms with van der Waals surface area (Å²) in [5.74, 6) is 1.25.